The SMILES string of the molecule is CCNCc1ccc(OCc2ccc(F)cc2)c(F)c1. The van der Waals surface area contributed by atoms with Gasteiger partial charge < -0.3 is 10.1 Å². The standard InChI is InChI=1S/C16H17F2NO/c1-2-19-10-13-5-8-16(15(18)9-13)20-11-12-3-6-14(17)7-4-12/h3-9,19H,2,10-11H2,1H3. The number of halogens is 2. The van der Waals surface area contributed by atoms with E-state index >= 15 is 0 Å². The zero-order valence-corrected chi connectivity index (χ0v) is 11.3. The molecule has 0 aliphatic rings. The zero-order valence-electron chi connectivity index (χ0n) is 11.3. The van der Waals surface area contributed by atoms with E-state index in [1.165, 1.54) is 18.2 Å². The molecule has 0 fully saturated rings. The van der Waals surface area contributed by atoms with Crippen molar-refractivity contribution in [3.05, 3.63) is 65.2 Å². The van der Waals surface area contributed by atoms with Crippen molar-refractivity contribution in [3.63, 3.8) is 0 Å². The average Bonchev–Trinajstić information content (AvgIpc) is 2.46. The monoisotopic (exact) mass is 277 g/mol. The van der Waals surface area contributed by atoms with Crippen molar-refractivity contribution in [3.8, 4) is 5.75 Å². The molecule has 0 amide bonds. The smallest absolute Gasteiger partial charge is 0.165 e. The number of nitrogens with one attached hydrogen (secondary N) is 1. The molecule has 0 saturated heterocycles. The third-order valence-corrected chi connectivity index (χ3v) is 2.88. The second-order valence-corrected chi connectivity index (χ2v) is 4.46. The Kier molecular flexibility index (Phi) is 5.07. The highest BCUT2D eigenvalue weighted by Crippen LogP contribution is 2.19. The maximum atomic E-state index is 13.8. The highest BCUT2D eigenvalue weighted by molar-refractivity contribution is 5.29. The van der Waals surface area contributed by atoms with E-state index in [1.54, 1.807) is 18.2 Å². The van der Waals surface area contributed by atoms with Crippen molar-refractivity contribution in [2.24, 2.45) is 0 Å². The quantitative estimate of drug-likeness (QED) is 0.870. The lowest BCUT2D eigenvalue weighted by atomic mass is 10.2. The summed E-state index contributed by atoms with van der Waals surface area (Å²) in [5.74, 6) is -0.482. The summed E-state index contributed by atoms with van der Waals surface area (Å²) >= 11 is 0. The summed E-state index contributed by atoms with van der Waals surface area (Å²) in [4.78, 5) is 0. The molecule has 2 aromatic rings. The fraction of sp³-hybridized carbons (Fsp3) is 0.250. The molecule has 1 N–H and O–H groups in total. The Bertz CT molecular complexity index is 555. The van der Waals surface area contributed by atoms with Crippen LogP contribution in [0.4, 0.5) is 8.78 Å². The molecule has 0 heterocycles. The summed E-state index contributed by atoms with van der Waals surface area (Å²) in [6.07, 6.45) is 0. The molecule has 20 heavy (non-hydrogen) atoms. The van der Waals surface area contributed by atoms with Gasteiger partial charge in [-0.3, -0.25) is 0 Å². The van der Waals surface area contributed by atoms with Crippen molar-refractivity contribution in [1.82, 2.24) is 5.32 Å². The molecule has 4 heteroatoms. The van der Waals surface area contributed by atoms with E-state index in [9.17, 15) is 8.78 Å². The fourth-order valence-corrected chi connectivity index (χ4v) is 1.78. The maximum Gasteiger partial charge on any atom is 0.165 e. The summed E-state index contributed by atoms with van der Waals surface area (Å²) in [5, 5.41) is 3.13. The second kappa shape index (κ2) is 7.01. The van der Waals surface area contributed by atoms with Gasteiger partial charge in [-0.2, -0.15) is 0 Å². The molecule has 2 aromatic carbocycles. The number of benzene rings is 2. The number of hydrogen-bond donors (Lipinski definition) is 1. The van der Waals surface area contributed by atoms with Crippen LogP contribution in [0.5, 0.6) is 5.75 Å². The molecule has 106 valence electrons. The first-order valence-corrected chi connectivity index (χ1v) is 6.55. The van der Waals surface area contributed by atoms with E-state index in [1.807, 2.05) is 13.0 Å². The van der Waals surface area contributed by atoms with Gasteiger partial charge in [-0.1, -0.05) is 25.1 Å². The van der Waals surface area contributed by atoms with Gasteiger partial charge in [-0.15, -0.1) is 0 Å². The van der Waals surface area contributed by atoms with E-state index in [0.29, 0.717) is 6.54 Å². The molecule has 0 saturated carbocycles. The van der Waals surface area contributed by atoms with Crippen LogP contribution in [0.15, 0.2) is 42.5 Å². The van der Waals surface area contributed by atoms with Crippen molar-refractivity contribution in [2.75, 3.05) is 6.54 Å². The summed E-state index contributed by atoms with van der Waals surface area (Å²) < 4.78 is 32.0. The van der Waals surface area contributed by atoms with Crippen LogP contribution in [0.1, 0.15) is 18.1 Å². The maximum absolute atomic E-state index is 13.8. The topological polar surface area (TPSA) is 21.3 Å². The highest BCUT2D eigenvalue weighted by Gasteiger charge is 2.05. The van der Waals surface area contributed by atoms with Gasteiger partial charge in [-0.25, -0.2) is 8.78 Å². The predicted molar refractivity (Wildman–Crippen MR) is 74.5 cm³/mol. The molecule has 0 aliphatic heterocycles. The van der Waals surface area contributed by atoms with Gasteiger partial charge in [0.15, 0.2) is 11.6 Å². The summed E-state index contributed by atoms with van der Waals surface area (Å²) in [7, 11) is 0. The van der Waals surface area contributed by atoms with Gasteiger partial charge >= 0.3 is 0 Å². The Labute approximate surface area is 117 Å². The normalized spacial score (nSPS) is 10.6. The largest absolute Gasteiger partial charge is 0.486 e. The van der Waals surface area contributed by atoms with Crippen LogP contribution in [-0.2, 0) is 13.2 Å². The Balaban J connectivity index is 1.97. The van der Waals surface area contributed by atoms with E-state index < -0.39 is 0 Å². The van der Waals surface area contributed by atoms with Crippen LogP contribution < -0.4 is 10.1 Å². The molecule has 0 unspecified atom stereocenters. The van der Waals surface area contributed by atoms with Crippen molar-refractivity contribution in [2.45, 2.75) is 20.1 Å². The Morgan fingerprint density at radius 3 is 2.35 bits per heavy atom. The van der Waals surface area contributed by atoms with Gasteiger partial charge in [-0.05, 0) is 41.9 Å². The first-order chi connectivity index (χ1) is 9.69. The Morgan fingerprint density at radius 2 is 1.70 bits per heavy atom. The van der Waals surface area contributed by atoms with E-state index in [2.05, 4.69) is 5.32 Å². The van der Waals surface area contributed by atoms with Crippen molar-refractivity contribution >= 4 is 0 Å². The minimum Gasteiger partial charge on any atom is -0.486 e. The van der Waals surface area contributed by atoms with Crippen molar-refractivity contribution in [1.29, 1.82) is 0 Å². The molecular formula is C16H17F2NO. The van der Waals surface area contributed by atoms with Gasteiger partial charge in [0.25, 0.3) is 0 Å². The molecule has 0 radical (unpaired) electrons. The van der Waals surface area contributed by atoms with E-state index in [4.69, 9.17) is 4.74 Å². The van der Waals surface area contributed by atoms with Crippen LogP contribution in [0.2, 0.25) is 0 Å². The number of ether oxygens (including phenoxy) is 1. The first-order valence-electron chi connectivity index (χ1n) is 6.55. The molecule has 0 aliphatic carbocycles. The summed E-state index contributed by atoms with van der Waals surface area (Å²) in [6, 6.07) is 10.8. The molecule has 2 rings (SSSR count). The average molecular weight is 277 g/mol. The lowest BCUT2D eigenvalue weighted by Crippen LogP contribution is -2.11. The van der Waals surface area contributed by atoms with Crippen LogP contribution >= 0.6 is 0 Å². The minimum atomic E-state index is -0.387. The van der Waals surface area contributed by atoms with E-state index in [-0.39, 0.29) is 24.0 Å². The molecular weight excluding hydrogens is 260 g/mol. The molecule has 0 aromatic heterocycles. The fourth-order valence-electron chi connectivity index (χ4n) is 1.78. The van der Waals surface area contributed by atoms with Gasteiger partial charge in [0, 0.05) is 6.54 Å². The van der Waals surface area contributed by atoms with Crippen molar-refractivity contribution < 1.29 is 13.5 Å². The predicted octanol–water partition coefficient (Wildman–Crippen LogP) is 3.65. The lowest BCUT2D eigenvalue weighted by molar-refractivity contribution is 0.290. The van der Waals surface area contributed by atoms with Gasteiger partial charge in [0.1, 0.15) is 12.4 Å². The third kappa shape index (κ3) is 4.03. The van der Waals surface area contributed by atoms with Gasteiger partial charge in [0.2, 0.25) is 0 Å². The Morgan fingerprint density at radius 1 is 1.00 bits per heavy atom. The van der Waals surface area contributed by atoms with Crippen LogP contribution in [0.3, 0.4) is 0 Å². The molecule has 0 spiro atoms. The highest BCUT2D eigenvalue weighted by atomic mass is 19.1. The Hall–Kier alpha value is -1.94. The summed E-state index contributed by atoms with van der Waals surface area (Å²) in [5.41, 5.74) is 1.67. The second-order valence-electron chi connectivity index (χ2n) is 4.46. The first kappa shape index (κ1) is 14.5. The number of rotatable bonds is 6. The molecule has 0 bridgehead atoms. The summed E-state index contributed by atoms with van der Waals surface area (Å²) in [6.45, 7) is 3.68. The minimum absolute atomic E-state index is 0.203. The number of hydrogen-bond acceptors (Lipinski definition) is 2. The van der Waals surface area contributed by atoms with Crippen LogP contribution in [0.25, 0.3) is 0 Å². The molecule has 0 atom stereocenters. The van der Waals surface area contributed by atoms with Gasteiger partial charge in [0.05, 0.1) is 0 Å². The lowest BCUT2D eigenvalue weighted by Gasteiger charge is -2.09. The van der Waals surface area contributed by atoms with Crippen LogP contribution in [0, 0.1) is 11.6 Å². The third-order valence-electron chi connectivity index (χ3n) is 2.88. The molecule has 2 nitrogen and oxygen atoms in total. The van der Waals surface area contributed by atoms with E-state index in [0.717, 1.165) is 17.7 Å². The zero-order chi connectivity index (χ0) is 14.4. The van der Waals surface area contributed by atoms with Crippen LogP contribution in [-0.4, -0.2) is 6.54 Å².